The fourth-order valence-corrected chi connectivity index (χ4v) is 2.63. The average molecular weight is 337 g/mol. The van der Waals surface area contributed by atoms with Crippen LogP contribution in [0.15, 0.2) is 42.7 Å². The quantitative estimate of drug-likeness (QED) is 0.835. The molecule has 1 unspecified atom stereocenters. The summed E-state index contributed by atoms with van der Waals surface area (Å²) in [6.07, 6.45) is 0.850. The second-order valence-electron chi connectivity index (χ2n) is 6.05. The molecule has 0 radical (unpaired) electrons. The molecule has 4 nitrogen and oxygen atoms in total. The summed E-state index contributed by atoms with van der Waals surface area (Å²) in [6.45, 7) is 2.09. The maximum Gasteiger partial charge on any atom is 0.416 e. The minimum atomic E-state index is -4.35. The lowest BCUT2D eigenvalue weighted by atomic mass is 10.1. The number of carbonyl (C=O) groups excluding carboxylic acids is 1. The van der Waals surface area contributed by atoms with Gasteiger partial charge in [-0.05, 0) is 43.5 Å². The van der Waals surface area contributed by atoms with Crippen LogP contribution in [0.1, 0.15) is 36.9 Å². The molecule has 1 heterocycles. The van der Waals surface area contributed by atoms with Crippen LogP contribution in [0.2, 0.25) is 0 Å². The van der Waals surface area contributed by atoms with E-state index in [1.807, 2.05) is 0 Å². The fraction of sp³-hybridized carbons (Fsp3) is 0.412. The molecule has 0 aliphatic heterocycles. The van der Waals surface area contributed by atoms with Crippen molar-refractivity contribution in [1.29, 1.82) is 0 Å². The molecule has 1 aromatic heterocycles. The first kappa shape index (κ1) is 16.5. The van der Waals surface area contributed by atoms with Crippen LogP contribution in [0.3, 0.4) is 0 Å². The highest BCUT2D eigenvalue weighted by molar-refractivity contribution is 5.80. The summed E-state index contributed by atoms with van der Waals surface area (Å²) in [6, 6.07) is 6.46. The van der Waals surface area contributed by atoms with Gasteiger partial charge in [0, 0.05) is 25.0 Å². The Balaban J connectivity index is 1.74. The van der Waals surface area contributed by atoms with Crippen molar-refractivity contribution in [3.05, 3.63) is 53.9 Å². The second-order valence-corrected chi connectivity index (χ2v) is 6.05. The number of hydrogen-bond acceptors (Lipinski definition) is 2. The number of hydrogen-bond donors (Lipinski definition) is 0. The largest absolute Gasteiger partial charge is 0.416 e. The van der Waals surface area contributed by atoms with E-state index in [9.17, 15) is 18.0 Å². The van der Waals surface area contributed by atoms with E-state index in [0.29, 0.717) is 12.1 Å². The summed E-state index contributed by atoms with van der Waals surface area (Å²) in [5.74, 6) is -0.0684. The lowest BCUT2D eigenvalue weighted by molar-refractivity contribution is -0.138. The molecular weight excluding hydrogens is 319 g/mol. The normalized spacial score (nSPS) is 16.0. The van der Waals surface area contributed by atoms with E-state index in [2.05, 4.69) is 5.10 Å². The number of alkyl halides is 3. The second kappa shape index (κ2) is 6.30. The number of amides is 1. The van der Waals surface area contributed by atoms with Crippen molar-refractivity contribution in [2.45, 2.75) is 44.6 Å². The number of rotatable bonds is 5. The average Bonchev–Trinajstić information content (AvgIpc) is 3.24. The van der Waals surface area contributed by atoms with Gasteiger partial charge in [0.1, 0.15) is 6.04 Å². The molecule has 1 amide bonds. The van der Waals surface area contributed by atoms with Crippen LogP contribution in [0, 0.1) is 0 Å². The highest BCUT2D eigenvalue weighted by atomic mass is 19.4. The standard InChI is InChI=1S/C17H18F3N3O/c1-12(23-10-2-9-21-23)16(24)22(15-7-8-15)11-13-3-5-14(6-4-13)17(18,19)20/h2-6,9-10,12,15H,7-8,11H2,1H3. The molecule has 1 aromatic carbocycles. The number of benzene rings is 1. The molecule has 0 bridgehead atoms. The van der Waals surface area contributed by atoms with Gasteiger partial charge in [0.2, 0.25) is 5.91 Å². The Morgan fingerprint density at radius 1 is 1.33 bits per heavy atom. The Kier molecular flexibility index (Phi) is 4.34. The van der Waals surface area contributed by atoms with E-state index in [1.165, 1.54) is 12.1 Å². The van der Waals surface area contributed by atoms with Crippen molar-refractivity contribution in [3.63, 3.8) is 0 Å². The summed E-state index contributed by atoms with van der Waals surface area (Å²) < 4.78 is 39.5. The summed E-state index contributed by atoms with van der Waals surface area (Å²) in [5, 5.41) is 4.09. The predicted octanol–water partition coefficient (Wildman–Crippen LogP) is 3.65. The predicted molar refractivity (Wildman–Crippen MR) is 82.0 cm³/mol. The molecule has 1 aliphatic rings. The molecule has 1 atom stereocenters. The van der Waals surface area contributed by atoms with Crippen LogP contribution in [0.4, 0.5) is 13.2 Å². The van der Waals surface area contributed by atoms with Crippen molar-refractivity contribution < 1.29 is 18.0 Å². The molecule has 1 aliphatic carbocycles. The Morgan fingerprint density at radius 2 is 2.00 bits per heavy atom. The molecule has 0 saturated heterocycles. The lowest BCUT2D eigenvalue weighted by Gasteiger charge is -2.26. The molecule has 1 saturated carbocycles. The molecule has 0 spiro atoms. The topological polar surface area (TPSA) is 38.1 Å². The SMILES string of the molecule is CC(C(=O)N(Cc1ccc(C(F)(F)F)cc1)C1CC1)n1cccn1. The number of carbonyl (C=O) groups is 1. The highest BCUT2D eigenvalue weighted by Crippen LogP contribution is 2.32. The van der Waals surface area contributed by atoms with E-state index < -0.39 is 17.8 Å². The summed E-state index contributed by atoms with van der Waals surface area (Å²) in [7, 11) is 0. The van der Waals surface area contributed by atoms with E-state index in [-0.39, 0.29) is 11.9 Å². The van der Waals surface area contributed by atoms with E-state index >= 15 is 0 Å². The van der Waals surface area contributed by atoms with Crippen LogP contribution in [0.5, 0.6) is 0 Å². The van der Waals surface area contributed by atoms with Gasteiger partial charge in [0.15, 0.2) is 0 Å². The van der Waals surface area contributed by atoms with Crippen molar-refractivity contribution in [3.8, 4) is 0 Å². The zero-order valence-electron chi connectivity index (χ0n) is 13.2. The third kappa shape index (κ3) is 3.60. The zero-order valence-corrected chi connectivity index (χ0v) is 13.2. The zero-order chi connectivity index (χ0) is 17.3. The molecule has 2 aromatic rings. The monoisotopic (exact) mass is 337 g/mol. The summed E-state index contributed by atoms with van der Waals surface area (Å²) >= 11 is 0. The van der Waals surface area contributed by atoms with Gasteiger partial charge in [0.05, 0.1) is 5.56 Å². The van der Waals surface area contributed by atoms with Gasteiger partial charge < -0.3 is 4.90 Å². The highest BCUT2D eigenvalue weighted by Gasteiger charge is 2.35. The Hall–Kier alpha value is -2.31. The van der Waals surface area contributed by atoms with Crippen LogP contribution in [0.25, 0.3) is 0 Å². The maximum absolute atomic E-state index is 12.7. The van der Waals surface area contributed by atoms with Gasteiger partial charge in [-0.1, -0.05) is 12.1 Å². The van der Waals surface area contributed by atoms with E-state index in [1.54, 1.807) is 35.0 Å². The maximum atomic E-state index is 12.7. The third-order valence-electron chi connectivity index (χ3n) is 4.18. The van der Waals surface area contributed by atoms with Crippen molar-refractivity contribution in [1.82, 2.24) is 14.7 Å². The van der Waals surface area contributed by atoms with E-state index in [4.69, 9.17) is 0 Å². The molecule has 0 N–H and O–H groups in total. The smallest absolute Gasteiger partial charge is 0.334 e. The Labute approximate surface area is 137 Å². The van der Waals surface area contributed by atoms with Crippen molar-refractivity contribution in [2.24, 2.45) is 0 Å². The minimum Gasteiger partial charge on any atom is -0.334 e. The molecular formula is C17H18F3N3O. The van der Waals surface area contributed by atoms with Gasteiger partial charge in [-0.15, -0.1) is 0 Å². The molecule has 3 rings (SSSR count). The molecule has 7 heteroatoms. The first-order valence-electron chi connectivity index (χ1n) is 7.82. The molecule has 24 heavy (non-hydrogen) atoms. The summed E-state index contributed by atoms with van der Waals surface area (Å²) in [5.41, 5.74) is 0.0105. The van der Waals surface area contributed by atoms with Crippen LogP contribution < -0.4 is 0 Å². The van der Waals surface area contributed by atoms with Gasteiger partial charge in [0.25, 0.3) is 0 Å². The van der Waals surface area contributed by atoms with Crippen LogP contribution in [-0.4, -0.2) is 26.6 Å². The number of aromatic nitrogens is 2. The third-order valence-corrected chi connectivity index (χ3v) is 4.18. The molecule has 1 fully saturated rings. The first-order chi connectivity index (χ1) is 11.4. The Bertz CT molecular complexity index is 691. The fourth-order valence-electron chi connectivity index (χ4n) is 2.63. The van der Waals surface area contributed by atoms with Crippen molar-refractivity contribution >= 4 is 5.91 Å². The minimum absolute atomic E-state index is 0.0684. The number of nitrogens with zero attached hydrogens (tertiary/aromatic N) is 3. The summed E-state index contributed by atoms with van der Waals surface area (Å²) in [4.78, 5) is 14.5. The van der Waals surface area contributed by atoms with Crippen molar-refractivity contribution in [2.75, 3.05) is 0 Å². The van der Waals surface area contributed by atoms with Gasteiger partial charge in [-0.25, -0.2) is 0 Å². The van der Waals surface area contributed by atoms with E-state index in [0.717, 1.165) is 25.0 Å². The van der Waals surface area contributed by atoms with Crippen LogP contribution in [-0.2, 0) is 17.5 Å². The molecule has 128 valence electrons. The number of halogens is 3. The van der Waals surface area contributed by atoms with Gasteiger partial charge >= 0.3 is 6.18 Å². The van der Waals surface area contributed by atoms with Gasteiger partial charge in [-0.3, -0.25) is 9.48 Å². The van der Waals surface area contributed by atoms with Crippen LogP contribution >= 0.6 is 0 Å². The van der Waals surface area contributed by atoms with Gasteiger partial charge in [-0.2, -0.15) is 18.3 Å². The lowest BCUT2D eigenvalue weighted by Crippen LogP contribution is -2.37. The Morgan fingerprint density at radius 3 is 2.50 bits per heavy atom. The first-order valence-corrected chi connectivity index (χ1v) is 7.82.